The number of halogens is 2. The van der Waals surface area contributed by atoms with E-state index in [1.165, 1.54) is 23.0 Å². The number of H-pyrrole nitrogens is 1. The Bertz CT molecular complexity index is 1590. The quantitative estimate of drug-likeness (QED) is 0.355. The second-order valence-corrected chi connectivity index (χ2v) is 7.51. The van der Waals surface area contributed by atoms with Gasteiger partial charge in [-0.25, -0.2) is 14.4 Å². The maximum Gasteiger partial charge on any atom is 0.265 e. The van der Waals surface area contributed by atoms with Gasteiger partial charge in [0.05, 0.1) is 17.1 Å². The molecule has 0 bridgehead atoms. The fraction of sp³-hybridized carbons (Fsp3) is 0.143. The molecule has 0 unspecified atom stereocenters. The lowest BCUT2D eigenvalue weighted by atomic mass is 10.1. The molecule has 11 nitrogen and oxygen atoms in total. The van der Waals surface area contributed by atoms with Crippen LogP contribution in [-0.4, -0.2) is 34.9 Å². The third kappa shape index (κ3) is 3.62. The highest BCUT2D eigenvalue weighted by molar-refractivity contribution is 5.83. The first-order valence-electron chi connectivity index (χ1n) is 10.1. The first-order valence-corrected chi connectivity index (χ1v) is 10.1. The number of hydrogen-bond acceptors (Lipinski definition) is 9. The van der Waals surface area contributed by atoms with E-state index in [4.69, 9.17) is 10.3 Å². The highest BCUT2D eigenvalue weighted by Gasteiger charge is 2.23. The number of anilines is 2. The molecule has 0 spiro atoms. The molecule has 1 atom stereocenters. The summed E-state index contributed by atoms with van der Waals surface area (Å²) in [6, 6.07) is 6.02. The number of nitrogens with two attached hydrogens (primary N) is 1. The van der Waals surface area contributed by atoms with Crippen LogP contribution in [0.3, 0.4) is 0 Å². The summed E-state index contributed by atoms with van der Waals surface area (Å²) in [5.41, 5.74) is 6.17. The Morgan fingerprint density at radius 3 is 2.74 bits per heavy atom. The lowest BCUT2D eigenvalue weighted by Crippen LogP contribution is -2.26. The minimum Gasteiger partial charge on any atom is -0.383 e. The van der Waals surface area contributed by atoms with E-state index in [1.807, 2.05) is 0 Å². The maximum atomic E-state index is 13.9. The van der Waals surface area contributed by atoms with Gasteiger partial charge in [-0.1, -0.05) is 11.2 Å². The first-order chi connectivity index (χ1) is 16.3. The third-order valence-electron chi connectivity index (χ3n) is 5.19. The molecule has 172 valence electrons. The minimum absolute atomic E-state index is 0.00672. The van der Waals surface area contributed by atoms with Crippen LogP contribution in [0.25, 0.3) is 28.0 Å². The Kier molecular flexibility index (Phi) is 5.00. The van der Waals surface area contributed by atoms with Gasteiger partial charge >= 0.3 is 0 Å². The molecule has 4 heterocycles. The fourth-order valence-corrected chi connectivity index (χ4v) is 3.66. The Morgan fingerprint density at radius 2 is 2.03 bits per heavy atom. The molecule has 0 amide bonds. The summed E-state index contributed by atoms with van der Waals surface area (Å²) in [5.74, 6) is -0.402. The van der Waals surface area contributed by atoms with Gasteiger partial charge in [0.2, 0.25) is 5.95 Å². The summed E-state index contributed by atoms with van der Waals surface area (Å²) in [4.78, 5) is 25.7. The van der Waals surface area contributed by atoms with Gasteiger partial charge in [0.15, 0.2) is 11.6 Å². The number of rotatable bonds is 5. The van der Waals surface area contributed by atoms with E-state index in [9.17, 15) is 13.6 Å². The number of nitrogen functional groups attached to an aromatic ring is 1. The minimum atomic E-state index is -0.731. The molecular formula is C21H17F2N9O2. The summed E-state index contributed by atoms with van der Waals surface area (Å²) in [6.45, 7) is 3.41. The second-order valence-electron chi connectivity index (χ2n) is 7.51. The number of benzene rings is 1. The van der Waals surface area contributed by atoms with Gasteiger partial charge in [0.1, 0.15) is 29.3 Å². The van der Waals surface area contributed by atoms with Crippen LogP contribution in [0.1, 0.15) is 24.5 Å². The molecule has 4 aromatic heterocycles. The second kappa shape index (κ2) is 8.03. The van der Waals surface area contributed by atoms with Crippen molar-refractivity contribution in [2.24, 2.45) is 0 Å². The molecule has 0 aliphatic heterocycles. The van der Waals surface area contributed by atoms with Crippen LogP contribution >= 0.6 is 0 Å². The van der Waals surface area contributed by atoms with Crippen LogP contribution in [0, 0.1) is 18.7 Å². The number of nitrogens with zero attached hydrogens (tertiary/aromatic N) is 6. The van der Waals surface area contributed by atoms with Crippen LogP contribution in [0.2, 0.25) is 0 Å². The van der Waals surface area contributed by atoms with Crippen LogP contribution in [0.4, 0.5) is 20.4 Å². The van der Waals surface area contributed by atoms with Gasteiger partial charge in [0.25, 0.3) is 11.4 Å². The average molecular weight is 465 g/mol. The van der Waals surface area contributed by atoms with Crippen LogP contribution in [0.15, 0.2) is 46.0 Å². The van der Waals surface area contributed by atoms with Crippen molar-refractivity contribution in [3.05, 3.63) is 70.3 Å². The van der Waals surface area contributed by atoms with Crippen molar-refractivity contribution in [3.8, 4) is 17.3 Å². The van der Waals surface area contributed by atoms with Gasteiger partial charge < -0.3 is 15.6 Å². The molecular weight excluding hydrogens is 448 g/mol. The van der Waals surface area contributed by atoms with E-state index in [0.29, 0.717) is 16.9 Å². The van der Waals surface area contributed by atoms with Crippen LogP contribution in [-0.2, 0) is 0 Å². The zero-order valence-corrected chi connectivity index (χ0v) is 17.9. The summed E-state index contributed by atoms with van der Waals surface area (Å²) >= 11 is 0. The fourth-order valence-electron chi connectivity index (χ4n) is 3.66. The topological polar surface area (TPSA) is 153 Å². The number of fused-ring (bicyclic) bond motifs is 1. The van der Waals surface area contributed by atoms with Crippen molar-refractivity contribution in [2.45, 2.75) is 19.9 Å². The zero-order valence-electron chi connectivity index (χ0n) is 17.9. The molecule has 1 aromatic carbocycles. The van der Waals surface area contributed by atoms with Gasteiger partial charge in [-0.15, -0.1) is 0 Å². The molecule has 13 heteroatoms. The molecule has 0 saturated carbocycles. The van der Waals surface area contributed by atoms with Gasteiger partial charge in [0, 0.05) is 6.07 Å². The molecule has 34 heavy (non-hydrogen) atoms. The number of hydrogen-bond donors (Lipinski definition) is 3. The monoisotopic (exact) mass is 465 g/mol. The van der Waals surface area contributed by atoms with Crippen LogP contribution in [0.5, 0.6) is 0 Å². The SMILES string of the molecule is Cc1noc(-c2c(N)ncnc2N[C@@H](C)c2cc3ccc(F)cc3c(=O)n2-c2cc(F)[nH]n2)n1. The van der Waals surface area contributed by atoms with E-state index in [2.05, 4.69) is 35.6 Å². The summed E-state index contributed by atoms with van der Waals surface area (Å²) < 4.78 is 34.0. The molecule has 0 aliphatic carbocycles. The van der Waals surface area contributed by atoms with E-state index in [-0.39, 0.29) is 34.3 Å². The predicted molar refractivity (Wildman–Crippen MR) is 118 cm³/mol. The van der Waals surface area contributed by atoms with Crippen LogP contribution < -0.4 is 16.6 Å². The van der Waals surface area contributed by atoms with Crippen molar-refractivity contribution < 1.29 is 13.3 Å². The molecule has 5 aromatic rings. The lowest BCUT2D eigenvalue weighted by Gasteiger charge is -2.21. The number of aromatic nitrogens is 7. The summed E-state index contributed by atoms with van der Waals surface area (Å²) in [7, 11) is 0. The number of pyridine rings is 1. The standard InChI is InChI=1S/C21H17F2N9O2/c1-9(27-19-17(18(24)25-8-26-19)20-28-10(2)31-34-20)14-5-11-3-4-12(22)6-13(11)21(33)32(14)16-7-15(23)29-30-16/h3-9H,1-2H3,(H,29,30)(H3,24,25,26,27)/t9-/m0/s1. The molecule has 0 radical (unpaired) electrons. The van der Waals surface area contributed by atoms with E-state index in [1.54, 1.807) is 19.9 Å². The maximum absolute atomic E-state index is 13.9. The highest BCUT2D eigenvalue weighted by atomic mass is 19.1. The highest BCUT2D eigenvalue weighted by Crippen LogP contribution is 2.32. The predicted octanol–water partition coefficient (Wildman–Crippen LogP) is 2.90. The molecule has 0 aliphatic rings. The van der Waals surface area contributed by atoms with Gasteiger partial charge in [-0.2, -0.15) is 14.5 Å². The van der Waals surface area contributed by atoms with E-state index < -0.39 is 23.4 Å². The number of aryl methyl sites for hydroxylation is 1. The van der Waals surface area contributed by atoms with Gasteiger partial charge in [-0.05, 0) is 37.4 Å². The molecule has 0 saturated heterocycles. The number of nitrogens with one attached hydrogen (secondary N) is 2. The lowest BCUT2D eigenvalue weighted by molar-refractivity contribution is 0.425. The van der Waals surface area contributed by atoms with Crippen molar-refractivity contribution in [2.75, 3.05) is 11.1 Å². The van der Waals surface area contributed by atoms with E-state index >= 15 is 0 Å². The summed E-state index contributed by atoms with van der Waals surface area (Å²) in [6.07, 6.45) is 1.26. The first kappa shape index (κ1) is 21.2. The Hall–Kier alpha value is -4.68. The van der Waals surface area contributed by atoms with Crippen molar-refractivity contribution in [1.82, 2.24) is 34.9 Å². The molecule has 4 N–H and O–H groups in total. The van der Waals surface area contributed by atoms with Crippen molar-refractivity contribution in [1.29, 1.82) is 0 Å². The third-order valence-corrected chi connectivity index (χ3v) is 5.19. The normalized spacial score (nSPS) is 12.2. The molecule has 5 rings (SSSR count). The average Bonchev–Trinajstić information content (AvgIpc) is 3.42. The Morgan fingerprint density at radius 1 is 1.21 bits per heavy atom. The van der Waals surface area contributed by atoms with Crippen molar-refractivity contribution in [3.63, 3.8) is 0 Å². The smallest absolute Gasteiger partial charge is 0.265 e. The number of aromatic amines is 1. The Balaban J connectivity index is 1.66. The zero-order chi connectivity index (χ0) is 24.0. The largest absolute Gasteiger partial charge is 0.383 e. The Labute approximate surface area is 189 Å². The van der Waals surface area contributed by atoms with E-state index in [0.717, 1.165) is 12.1 Å². The molecule has 0 fully saturated rings. The van der Waals surface area contributed by atoms with Gasteiger partial charge in [-0.3, -0.25) is 14.5 Å². The van der Waals surface area contributed by atoms with Crippen molar-refractivity contribution >= 4 is 22.4 Å². The summed E-state index contributed by atoms with van der Waals surface area (Å²) in [5, 5.41) is 13.6.